The van der Waals surface area contributed by atoms with E-state index in [0.717, 1.165) is 0 Å². The predicted molar refractivity (Wildman–Crippen MR) is 63.5 cm³/mol. The maximum Gasteiger partial charge on any atom is 0.376 e. The lowest BCUT2D eigenvalue weighted by Gasteiger charge is -2.17. The summed E-state index contributed by atoms with van der Waals surface area (Å²) >= 11 is 0. The van der Waals surface area contributed by atoms with Crippen LogP contribution in [0.2, 0.25) is 0 Å². The topological polar surface area (TPSA) is 78.7 Å². The highest BCUT2D eigenvalue weighted by Gasteiger charge is 2.25. The lowest BCUT2D eigenvalue weighted by molar-refractivity contribution is -0.385. The van der Waals surface area contributed by atoms with Crippen molar-refractivity contribution in [2.75, 3.05) is 6.66 Å². The second kappa shape index (κ2) is 5.29. The van der Waals surface area contributed by atoms with Crippen LogP contribution in [-0.2, 0) is 9.09 Å². The largest absolute Gasteiger partial charge is 0.417 e. The second-order valence-corrected chi connectivity index (χ2v) is 5.68. The van der Waals surface area contributed by atoms with Gasteiger partial charge in [-0.1, -0.05) is 12.1 Å². The SMILES string of the molecule is CC(C)OP(C)(=O)Oc1ccccc1[N+](=O)[O-]. The molecule has 7 heteroatoms. The van der Waals surface area contributed by atoms with Crippen LogP contribution in [0.15, 0.2) is 24.3 Å². The van der Waals surface area contributed by atoms with Crippen molar-refractivity contribution >= 4 is 13.3 Å². The van der Waals surface area contributed by atoms with Gasteiger partial charge in [-0.05, 0) is 19.9 Å². The molecule has 0 fully saturated rings. The zero-order chi connectivity index (χ0) is 13.1. The van der Waals surface area contributed by atoms with Crippen molar-refractivity contribution < 1.29 is 18.5 Å². The Kier molecular flexibility index (Phi) is 4.26. The Bertz CT molecular complexity index is 460. The van der Waals surface area contributed by atoms with Gasteiger partial charge in [0, 0.05) is 12.7 Å². The van der Waals surface area contributed by atoms with Gasteiger partial charge in [-0.25, -0.2) is 4.57 Å². The Labute approximate surface area is 99.2 Å². The van der Waals surface area contributed by atoms with Crippen molar-refractivity contribution in [2.24, 2.45) is 0 Å². The van der Waals surface area contributed by atoms with E-state index in [1.807, 2.05) is 0 Å². The first kappa shape index (κ1) is 13.7. The summed E-state index contributed by atoms with van der Waals surface area (Å²) in [4.78, 5) is 10.1. The number of benzene rings is 1. The van der Waals surface area contributed by atoms with Crippen LogP contribution < -0.4 is 4.52 Å². The lowest BCUT2D eigenvalue weighted by Crippen LogP contribution is -2.05. The van der Waals surface area contributed by atoms with Crippen LogP contribution in [0.4, 0.5) is 5.69 Å². The predicted octanol–water partition coefficient (Wildman–Crippen LogP) is 3.22. The molecule has 1 atom stereocenters. The van der Waals surface area contributed by atoms with Crippen molar-refractivity contribution in [1.82, 2.24) is 0 Å². The molecule has 0 aliphatic rings. The van der Waals surface area contributed by atoms with Crippen LogP contribution in [0.1, 0.15) is 13.8 Å². The number of nitrogens with zero attached hydrogens (tertiary/aromatic N) is 1. The molecule has 0 aliphatic carbocycles. The average molecular weight is 259 g/mol. The first-order chi connectivity index (χ1) is 7.82. The molecule has 0 amide bonds. The molecule has 0 N–H and O–H groups in total. The van der Waals surface area contributed by atoms with E-state index in [-0.39, 0.29) is 17.5 Å². The van der Waals surface area contributed by atoms with E-state index in [4.69, 9.17) is 9.05 Å². The monoisotopic (exact) mass is 259 g/mol. The number of para-hydroxylation sites is 2. The Morgan fingerprint density at radius 1 is 1.35 bits per heavy atom. The number of nitro groups is 1. The van der Waals surface area contributed by atoms with Gasteiger partial charge in [-0.15, -0.1) is 0 Å². The minimum atomic E-state index is -3.34. The third-order valence-corrected chi connectivity index (χ3v) is 3.06. The Morgan fingerprint density at radius 2 is 1.94 bits per heavy atom. The van der Waals surface area contributed by atoms with Crippen LogP contribution in [-0.4, -0.2) is 17.7 Å². The van der Waals surface area contributed by atoms with Crippen LogP contribution >= 0.6 is 7.60 Å². The summed E-state index contributed by atoms with van der Waals surface area (Å²) in [5.41, 5.74) is -0.234. The maximum atomic E-state index is 11.9. The summed E-state index contributed by atoms with van der Waals surface area (Å²) in [6.45, 7) is 4.70. The van der Waals surface area contributed by atoms with Gasteiger partial charge in [0.25, 0.3) is 0 Å². The highest BCUT2D eigenvalue weighted by atomic mass is 31.2. The summed E-state index contributed by atoms with van der Waals surface area (Å²) in [6, 6.07) is 5.75. The summed E-state index contributed by atoms with van der Waals surface area (Å²) in [5.74, 6) is -0.0519. The molecule has 0 spiro atoms. The fraction of sp³-hybridized carbons (Fsp3) is 0.400. The molecule has 1 aromatic carbocycles. The number of hydrogen-bond donors (Lipinski definition) is 0. The van der Waals surface area contributed by atoms with Crippen molar-refractivity contribution in [1.29, 1.82) is 0 Å². The molecule has 94 valence electrons. The third-order valence-electron chi connectivity index (χ3n) is 1.73. The van der Waals surface area contributed by atoms with E-state index < -0.39 is 12.5 Å². The van der Waals surface area contributed by atoms with Gasteiger partial charge in [0.2, 0.25) is 5.75 Å². The van der Waals surface area contributed by atoms with Gasteiger partial charge in [0.1, 0.15) is 0 Å². The van der Waals surface area contributed by atoms with E-state index in [9.17, 15) is 14.7 Å². The van der Waals surface area contributed by atoms with Crippen LogP contribution in [0.25, 0.3) is 0 Å². The molecule has 0 heterocycles. The average Bonchev–Trinajstić information content (AvgIpc) is 2.14. The Morgan fingerprint density at radius 3 is 2.47 bits per heavy atom. The maximum absolute atomic E-state index is 11.9. The molecule has 0 aromatic heterocycles. The van der Waals surface area contributed by atoms with Crippen molar-refractivity contribution in [3.63, 3.8) is 0 Å². The van der Waals surface area contributed by atoms with Crippen LogP contribution in [0.5, 0.6) is 5.75 Å². The zero-order valence-corrected chi connectivity index (χ0v) is 10.7. The first-order valence-corrected chi connectivity index (χ1v) is 7.00. The molecular formula is C10H14NO5P. The molecule has 0 aliphatic heterocycles. The van der Waals surface area contributed by atoms with E-state index in [2.05, 4.69) is 0 Å². The summed E-state index contributed by atoms with van der Waals surface area (Å²) in [5, 5.41) is 10.7. The molecule has 0 bridgehead atoms. The normalized spacial score (nSPS) is 14.4. The highest BCUT2D eigenvalue weighted by molar-refractivity contribution is 7.53. The smallest absolute Gasteiger partial charge is 0.376 e. The molecule has 17 heavy (non-hydrogen) atoms. The fourth-order valence-electron chi connectivity index (χ4n) is 1.27. The summed E-state index contributed by atoms with van der Waals surface area (Å²) < 4.78 is 22.1. The Balaban J connectivity index is 2.95. The Hall–Kier alpha value is -1.39. The van der Waals surface area contributed by atoms with Crippen molar-refractivity contribution in [3.05, 3.63) is 34.4 Å². The number of hydrogen-bond acceptors (Lipinski definition) is 5. The van der Waals surface area contributed by atoms with E-state index in [1.54, 1.807) is 19.9 Å². The lowest BCUT2D eigenvalue weighted by atomic mass is 10.3. The standard InChI is InChI=1S/C10H14NO5P/c1-8(2)15-17(3,14)16-10-7-5-4-6-9(10)11(12)13/h4-8H,1-3H3. The van der Waals surface area contributed by atoms with Gasteiger partial charge in [0.05, 0.1) is 11.0 Å². The first-order valence-electron chi connectivity index (χ1n) is 5.01. The quantitative estimate of drug-likeness (QED) is 0.460. The van der Waals surface area contributed by atoms with Gasteiger partial charge < -0.3 is 4.52 Å². The molecule has 6 nitrogen and oxygen atoms in total. The molecule has 0 radical (unpaired) electrons. The van der Waals surface area contributed by atoms with Crippen molar-refractivity contribution in [2.45, 2.75) is 20.0 Å². The van der Waals surface area contributed by atoms with E-state index in [0.29, 0.717) is 0 Å². The van der Waals surface area contributed by atoms with Gasteiger partial charge in [-0.3, -0.25) is 14.6 Å². The van der Waals surface area contributed by atoms with Crippen LogP contribution in [0, 0.1) is 10.1 Å². The molecular weight excluding hydrogens is 245 g/mol. The third kappa shape index (κ3) is 4.17. The highest BCUT2D eigenvalue weighted by Crippen LogP contribution is 2.47. The second-order valence-electron chi connectivity index (χ2n) is 3.74. The molecule has 1 rings (SSSR count). The fourth-order valence-corrected chi connectivity index (χ4v) is 2.59. The molecule has 1 unspecified atom stereocenters. The van der Waals surface area contributed by atoms with E-state index in [1.165, 1.54) is 24.9 Å². The van der Waals surface area contributed by atoms with E-state index >= 15 is 0 Å². The molecule has 0 saturated carbocycles. The minimum absolute atomic E-state index is 0.0519. The van der Waals surface area contributed by atoms with Crippen LogP contribution in [0.3, 0.4) is 0 Å². The van der Waals surface area contributed by atoms with Crippen molar-refractivity contribution in [3.8, 4) is 5.75 Å². The van der Waals surface area contributed by atoms with Gasteiger partial charge in [-0.2, -0.15) is 0 Å². The minimum Gasteiger partial charge on any atom is -0.417 e. The number of rotatable bonds is 5. The summed E-state index contributed by atoms with van der Waals surface area (Å²) in [6.07, 6.45) is -0.284. The molecule has 1 aromatic rings. The van der Waals surface area contributed by atoms with Gasteiger partial charge in [0.15, 0.2) is 0 Å². The van der Waals surface area contributed by atoms with Gasteiger partial charge >= 0.3 is 13.3 Å². The zero-order valence-electron chi connectivity index (χ0n) is 9.82. The molecule has 0 saturated heterocycles. The summed E-state index contributed by atoms with van der Waals surface area (Å²) in [7, 11) is -3.34. The number of nitro benzene ring substituents is 1.